The van der Waals surface area contributed by atoms with Gasteiger partial charge in [0.2, 0.25) is 0 Å². The Balaban J connectivity index is 3.30. The van der Waals surface area contributed by atoms with Gasteiger partial charge in [-0.3, -0.25) is 4.79 Å². The number of hydrogen-bond donors (Lipinski definition) is 0. The van der Waals surface area contributed by atoms with E-state index >= 15 is 0 Å². The minimum Gasteiger partial charge on any atom is -0.497 e. The van der Waals surface area contributed by atoms with E-state index in [4.69, 9.17) is 4.74 Å². The zero-order valence-electron chi connectivity index (χ0n) is 6.63. The molecule has 2 heteroatoms. The third-order valence-electron chi connectivity index (χ3n) is 1.40. The molecule has 0 aliphatic heterocycles. The molecule has 0 spiro atoms. The molecule has 0 bridgehead atoms. The van der Waals surface area contributed by atoms with Crippen LogP contribution in [0.5, 0.6) is 5.75 Å². The topological polar surface area (TPSA) is 26.3 Å². The summed E-state index contributed by atoms with van der Waals surface area (Å²) < 4.78 is 4.91. The monoisotopic (exact) mass is 150 g/mol. The van der Waals surface area contributed by atoms with Gasteiger partial charge in [0.1, 0.15) is 5.75 Å². The molecular formula is C9H10O2. The van der Waals surface area contributed by atoms with E-state index in [2.05, 4.69) is 0 Å². The van der Waals surface area contributed by atoms with Crippen LogP contribution in [0.25, 0.3) is 0 Å². The molecule has 0 radical (unpaired) electrons. The smallest absolute Gasteiger partial charge is 0.182 e. The van der Waals surface area contributed by atoms with Crippen molar-refractivity contribution in [2.75, 3.05) is 7.11 Å². The number of hydrogen-bond acceptors (Lipinski definition) is 2. The summed E-state index contributed by atoms with van der Waals surface area (Å²) in [5.41, 5.74) is 0.919. The molecule has 0 atom stereocenters. The van der Waals surface area contributed by atoms with Crippen LogP contribution in [0, 0.1) is 6.92 Å². The van der Waals surface area contributed by atoms with Crippen molar-refractivity contribution < 1.29 is 4.74 Å². The summed E-state index contributed by atoms with van der Waals surface area (Å²) in [5.74, 6) is 0.600. The molecule has 1 aromatic rings. The van der Waals surface area contributed by atoms with Crippen molar-refractivity contribution in [3.8, 4) is 5.75 Å². The van der Waals surface area contributed by atoms with E-state index in [9.17, 15) is 4.79 Å². The summed E-state index contributed by atoms with van der Waals surface area (Å²) in [5, 5.41) is 0. The summed E-state index contributed by atoms with van der Waals surface area (Å²) in [6.45, 7) is 1.88. The Morgan fingerprint density at radius 3 is 2.64 bits per heavy atom. The van der Waals surface area contributed by atoms with Crippen molar-refractivity contribution in [2.24, 2.45) is 0 Å². The highest BCUT2D eigenvalue weighted by molar-refractivity contribution is 5.23. The maximum absolute atomic E-state index is 11.0. The first kappa shape index (κ1) is 7.79. The second-order valence-electron chi connectivity index (χ2n) is 2.37. The zero-order valence-corrected chi connectivity index (χ0v) is 6.63. The van der Waals surface area contributed by atoms with Gasteiger partial charge in [0.15, 0.2) is 5.43 Å². The summed E-state index contributed by atoms with van der Waals surface area (Å²) in [6, 6.07) is 6.66. The molecule has 0 heterocycles. The van der Waals surface area contributed by atoms with Gasteiger partial charge in [0.05, 0.1) is 7.11 Å². The largest absolute Gasteiger partial charge is 0.497 e. The molecule has 0 aliphatic carbocycles. The van der Waals surface area contributed by atoms with Crippen LogP contribution in [0.15, 0.2) is 29.1 Å². The van der Waals surface area contributed by atoms with Crippen LogP contribution in [0.2, 0.25) is 0 Å². The molecule has 0 aliphatic rings. The highest BCUT2D eigenvalue weighted by Gasteiger charge is 1.89. The van der Waals surface area contributed by atoms with Crippen LogP contribution in [0.1, 0.15) is 5.56 Å². The Bertz CT molecular complexity index is 305. The second kappa shape index (κ2) is 3.19. The zero-order chi connectivity index (χ0) is 8.27. The van der Waals surface area contributed by atoms with E-state index in [1.54, 1.807) is 19.2 Å². The van der Waals surface area contributed by atoms with Gasteiger partial charge in [0, 0.05) is 6.07 Å². The normalized spacial score (nSPS) is 9.27. The van der Waals surface area contributed by atoms with Crippen LogP contribution < -0.4 is 10.2 Å². The van der Waals surface area contributed by atoms with Gasteiger partial charge in [-0.2, -0.15) is 0 Å². The Labute approximate surface area is 65.4 Å². The summed E-state index contributed by atoms with van der Waals surface area (Å²) >= 11 is 0. The molecule has 0 aromatic heterocycles. The van der Waals surface area contributed by atoms with Gasteiger partial charge in [0.25, 0.3) is 0 Å². The molecule has 2 nitrogen and oxygen atoms in total. The average molecular weight is 150 g/mol. The standard InChI is InChI=1S/C9H10O2/c1-7-3-4-9(11-2)6-8(10)5-7/h3-6H,1-2H3. The predicted molar refractivity (Wildman–Crippen MR) is 44.0 cm³/mol. The molecule has 11 heavy (non-hydrogen) atoms. The molecule has 0 unspecified atom stereocenters. The quantitative estimate of drug-likeness (QED) is 0.604. The molecule has 0 saturated heterocycles. The highest BCUT2D eigenvalue weighted by atomic mass is 16.5. The van der Waals surface area contributed by atoms with Crippen molar-refractivity contribution >= 4 is 0 Å². The van der Waals surface area contributed by atoms with E-state index in [0.717, 1.165) is 5.56 Å². The Morgan fingerprint density at radius 2 is 2.00 bits per heavy atom. The lowest BCUT2D eigenvalue weighted by molar-refractivity contribution is 0.415. The van der Waals surface area contributed by atoms with Crippen LogP contribution in [-0.2, 0) is 0 Å². The van der Waals surface area contributed by atoms with E-state index in [0.29, 0.717) is 5.75 Å². The molecule has 0 amide bonds. The van der Waals surface area contributed by atoms with Gasteiger partial charge in [-0.05, 0) is 24.6 Å². The van der Waals surface area contributed by atoms with Crippen LogP contribution in [-0.4, -0.2) is 7.11 Å². The van der Waals surface area contributed by atoms with E-state index in [1.165, 1.54) is 6.07 Å². The van der Waals surface area contributed by atoms with E-state index in [1.807, 2.05) is 13.0 Å². The molecule has 58 valence electrons. The SMILES string of the molecule is COc1ccc(C)cc(=O)c1. The van der Waals surface area contributed by atoms with Gasteiger partial charge >= 0.3 is 0 Å². The number of ether oxygens (including phenoxy) is 1. The molecule has 0 fully saturated rings. The fourth-order valence-electron chi connectivity index (χ4n) is 0.843. The van der Waals surface area contributed by atoms with Crippen molar-refractivity contribution in [1.29, 1.82) is 0 Å². The third kappa shape index (κ3) is 2.08. The van der Waals surface area contributed by atoms with Crippen molar-refractivity contribution in [2.45, 2.75) is 6.92 Å². The summed E-state index contributed by atoms with van der Waals surface area (Å²) in [4.78, 5) is 11.0. The van der Waals surface area contributed by atoms with Crippen molar-refractivity contribution in [3.63, 3.8) is 0 Å². The van der Waals surface area contributed by atoms with Crippen molar-refractivity contribution in [1.82, 2.24) is 0 Å². The van der Waals surface area contributed by atoms with E-state index in [-0.39, 0.29) is 5.43 Å². The predicted octanol–water partition coefficient (Wildman–Crippen LogP) is 1.36. The lowest BCUT2D eigenvalue weighted by atomic mass is 10.3. The summed E-state index contributed by atoms with van der Waals surface area (Å²) in [7, 11) is 1.55. The second-order valence-corrected chi connectivity index (χ2v) is 2.37. The number of aryl methyl sites for hydroxylation is 1. The molecular weight excluding hydrogens is 140 g/mol. The molecule has 0 N–H and O–H groups in total. The van der Waals surface area contributed by atoms with Crippen LogP contribution in [0.4, 0.5) is 0 Å². The summed E-state index contributed by atoms with van der Waals surface area (Å²) in [6.07, 6.45) is 0. The molecule has 1 aromatic carbocycles. The lowest BCUT2D eigenvalue weighted by Crippen LogP contribution is -1.92. The fraction of sp³-hybridized carbons (Fsp3) is 0.222. The minimum atomic E-state index is -0.0237. The maximum Gasteiger partial charge on any atom is 0.182 e. The highest BCUT2D eigenvalue weighted by Crippen LogP contribution is 2.04. The maximum atomic E-state index is 11.0. The number of methoxy groups -OCH3 is 1. The van der Waals surface area contributed by atoms with Gasteiger partial charge < -0.3 is 4.74 Å². The first-order valence-electron chi connectivity index (χ1n) is 3.38. The molecule has 1 rings (SSSR count). The minimum absolute atomic E-state index is 0.0237. The lowest BCUT2D eigenvalue weighted by Gasteiger charge is -1.90. The van der Waals surface area contributed by atoms with Gasteiger partial charge in [-0.1, -0.05) is 6.07 Å². The Hall–Kier alpha value is -1.31. The first-order valence-corrected chi connectivity index (χ1v) is 3.38. The van der Waals surface area contributed by atoms with Crippen molar-refractivity contribution in [3.05, 3.63) is 40.1 Å². The van der Waals surface area contributed by atoms with E-state index < -0.39 is 0 Å². The Kier molecular flexibility index (Phi) is 2.26. The number of rotatable bonds is 1. The Morgan fingerprint density at radius 1 is 1.27 bits per heavy atom. The van der Waals surface area contributed by atoms with Gasteiger partial charge in [-0.25, -0.2) is 0 Å². The van der Waals surface area contributed by atoms with Gasteiger partial charge in [-0.15, -0.1) is 0 Å². The fourth-order valence-corrected chi connectivity index (χ4v) is 0.843. The van der Waals surface area contributed by atoms with Crippen LogP contribution >= 0.6 is 0 Å². The van der Waals surface area contributed by atoms with Crippen LogP contribution in [0.3, 0.4) is 0 Å². The average Bonchev–Trinajstić information content (AvgIpc) is 2.11. The first-order chi connectivity index (χ1) is 5.22. The molecule has 0 saturated carbocycles. The third-order valence-corrected chi connectivity index (χ3v) is 1.40.